The molecule has 0 aliphatic carbocycles. The largest absolute Gasteiger partial charge is 0.611 e. The predicted molar refractivity (Wildman–Crippen MR) is 55.3 cm³/mol. The quantitative estimate of drug-likeness (QED) is 0.697. The molecule has 0 aromatic carbocycles. The lowest BCUT2D eigenvalue weighted by molar-refractivity contribution is 0.593. The van der Waals surface area contributed by atoms with Crippen LogP contribution in [0.3, 0.4) is 0 Å². The zero-order valence-electron chi connectivity index (χ0n) is 8.28. The maximum Gasteiger partial charge on any atom is 0.174 e. The maximum absolute atomic E-state index is 11.6. The van der Waals surface area contributed by atoms with Crippen LogP contribution in [0.4, 0.5) is 0 Å². The van der Waals surface area contributed by atoms with Gasteiger partial charge in [-0.3, -0.25) is 4.98 Å². The number of aromatic nitrogens is 1. The van der Waals surface area contributed by atoms with Crippen molar-refractivity contribution < 1.29 is 4.55 Å². The van der Waals surface area contributed by atoms with E-state index in [2.05, 4.69) is 18.8 Å². The van der Waals surface area contributed by atoms with Crippen LogP contribution in [0, 0.1) is 0 Å². The molecular weight excluding hydrogens is 182 g/mol. The van der Waals surface area contributed by atoms with E-state index in [-0.39, 0.29) is 0 Å². The van der Waals surface area contributed by atoms with Crippen molar-refractivity contribution in [2.75, 3.05) is 5.75 Å². The number of pyridine rings is 1. The van der Waals surface area contributed by atoms with Crippen molar-refractivity contribution in [3.05, 3.63) is 24.0 Å². The van der Waals surface area contributed by atoms with Gasteiger partial charge in [0.2, 0.25) is 0 Å². The first kappa shape index (κ1) is 10.5. The van der Waals surface area contributed by atoms with Crippen LogP contribution in [0.25, 0.3) is 0 Å². The van der Waals surface area contributed by atoms with E-state index in [1.165, 1.54) is 0 Å². The molecular formula is C10H15NOS. The number of nitrogens with zero attached hydrogens (tertiary/aromatic N) is 1. The smallest absolute Gasteiger partial charge is 0.174 e. The normalized spacial score (nSPS) is 13.3. The Hall–Kier alpha value is -0.540. The van der Waals surface area contributed by atoms with Gasteiger partial charge in [-0.25, -0.2) is 0 Å². The molecule has 0 saturated heterocycles. The van der Waals surface area contributed by atoms with E-state index in [9.17, 15) is 4.55 Å². The van der Waals surface area contributed by atoms with E-state index in [0.717, 1.165) is 10.5 Å². The Morgan fingerprint density at radius 2 is 2.23 bits per heavy atom. The van der Waals surface area contributed by atoms with Crippen LogP contribution in [0.2, 0.25) is 0 Å². The van der Waals surface area contributed by atoms with Gasteiger partial charge in [0.15, 0.2) is 4.90 Å². The SMILES string of the molecule is CC[S+]([O-])c1cnccc1C(C)C. The number of hydrogen-bond donors (Lipinski definition) is 0. The fourth-order valence-corrected chi connectivity index (χ4v) is 2.27. The van der Waals surface area contributed by atoms with Crippen molar-refractivity contribution in [1.29, 1.82) is 0 Å². The number of hydrogen-bond acceptors (Lipinski definition) is 2. The summed E-state index contributed by atoms with van der Waals surface area (Å²) in [6.07, 6.45) is 3.47. The summed E-state index contributed by atoms with van der Waals surface area (Å²) in [6.45, 7) is 6.13. The average molecular weight is 197 g/mol. The lowest BCUT2D eigenvalue weighted by Gasteiger charge is -2.13. The molecule has 72 valence electrons. The second kappa shape index (κ2) is 4.63. The van der Waals surface area contributed by atoms with Crippen molar-refractivity contribution in [3.8, 4) is 0 Å². The Bertz CT molecular complexity index is 275. The summed E-state index contributed by atoms with van der Waals surface area (Å²) in [5.74, 6) is 1.07. The van der Waals surface area contributed by atoms with Gasteiger partial charge in [-0.05, 0) is 30.1 Å². The highest BCUT2D eigenvalue weighted by molar-refractivity contribution is 7.91. The van der Waals surface area contributed by atoms with Crippen LogP contribution in [-0.2, 0) is 11.2 Å². The molecule has 0 amide bonds. The Labute approximate surface area is 82.6 Å². The van der Waals surface area contributed by atoms with Crippen LogP contribution >= 0.6 is 0 Å². The standard InChI is InChI=1S/C10H15NOS/c1-4-13(12)10-7-11-6-5-9(10)8(2)3/h5-8H,4H2,1-3H3. The van der Waals surface area contributed by atoms with E-state index >= 15 is 0 Å². The molecule has 0 bridgehead atoms. The van der Waals surface area contributed by atoms with Gasteiger partial charge in [0.1, 0.15) is 5.75 Å². The second-order valence-electron chi connectivity index (χ2n) is 3.20. The first-order valence-corrected chi connectivity index (χ1v) is 5.81. The molecule has 0 aliphatic heterocycles. The van der Waals surface area contributed by atoms with Crippen molar-refractivity contribution in [2.24, 2.45) is 0 Å². The molecule has 13 heavy (non-hydrogen) atoms. The van der Waals surface area contributed by atoms with Crippen molar-refractivity contribution in [2.45, 2.75) is 31.6 Å². The zero-order chi connectivity index (χ0) is 9.84. The minimum Gasteiger partial charge on any atom is -0.611 e. The van der Waals surface area contributed by atoms with Gasteiger partial charge in [-0.15, -0.1) is 0 Å². The van der Waals surface area contributed by atoms with Gasteiger partial charge in [-0.2, -0.15) is 0 Å². The Balaban J connectivity index is 3.04. The zero-order valence-corrected chi connectivity index (χ0v) is 9.10. The summed E-state index contributed by atoms with van der Waals surface area (Å²) in [5.41, 5.74) is 1.15. The van der Waals surface area contributed by atoms with E-state index in [4.69, 9.17) is 0 Å². The van der Waals surface area contributed by atoms with E-state index in [1.807, 2.05) is 13.0 Å². The summed E-state index contributed by atoms with van der Waals surface area (Å²) in [4.78, 5) is 4.89. The molecule has 3 heteroatoms. The molecule has 1 unspecified atom stereocenters. The third-order valence-electron chi connectivity index (χ3n) is 1.95. The average Bonchev–Trinajstić information content (AvgIpc) is 2.16. The van der Waals surface area contributed by atoms with Gasteiger partial charge >= 0.3 is 0 Å². The van der Waals surface area contributed by atoms with Crippen LogP contribution in [0.5, 0.6) is 0 Å². The monoisotopic (exact) mass is 197 g/mol. The summed E-state index contributed by atoms with van der Waals surface area (Å²) in [7, 11) is 0. The second-order valence-corrected chi connectivity index (χ2v) is 4.91. The summed E-state index contributed by atoms with van der Waals surface area (Å²) < 4.78 is 11.6. The fourth-order valence-electron chi connectivity index (χ4n) is 1.21. The molecule has 0 fully saturated rings. The predicted octanol–water partition coefficient (Wildman–Crippen LogP) is 2.33. The third-order valence-corrected chi connectivity index (χ3v) is 3.30. The summed E-state index contributed by atoms with van der Waals surface area (Å²) in [5, 5.41) is 0. The van der Waals surface area contributed by atoms with Crippen molar-refractivity contribution >= 4 is 11.2 Å². The molecule has 1 aromatic heterocycles. The molecule has 0 aliphatic rings. The summed E-state index contributed by atoms with van der Waals surface area (Å²) in [6, 6.07) is 1.95. The first-order chi connectivity index (χ1) is 6.16. The van der Waals surface area contributed by atoms with Crippen LogP contribution < -0.4 is 0 Å². The van der Waals surface area contributed by atoms with Crippen molar-refractivity contribution in [1.82, 2.24) is 4.98 Å². The molecule has 0 radical (unpaired) electrons. The molecule has 2 nitrogen and oxygen atoms in total. The van der Waals surface area contributed by atoms with Gasteiger partial charge in [0.25, 0.3) is 0 Å². The lowest BCUT2D eigenvalue weighted by Crippen LogP contribution is -2.08. The highest BCUT2D eigenvalue weighted by atomic mass is 32.2. The topological polar surface area (TPSA) is 36.0 Å². The third kappa shape index (κ3) is 2.45. The lowest BCUT2D eigenvalue weighted by atomic mass is 10.1. The van der Waals surface area contributed by atoms with Gasteiger partial charge in [0, 0.05) is 11.8 Å². The molecule has 1 rings (SSSR count). The fraction of sp³-hybridized carbons (Fsp3) is 0.500. The number of rotatable bonds is 3. The minimum absolute atomic E-state index is 0.411. The van der Waals surface area contributed by atoms with Crippen LogP contribution in [-0.4, -0.2) is 15.3 Å². The highest BCUT2D eigenvalue weighted by Crippen LogP contribution is 2.22. The van der Waals surface area contributed by atoms with E-state index < -0.39 is 11.2 Å². The Morgan fingerprint density at radius 3 is 2.77 bits per heavy atom. The van der Waals surface area contributed by atoms with Gasteiger partial charge in [0.05, 0.1) is 6.20 Å². The molecule has 1 atom stereocenters. The molecule has 0 saturated carbocycles. The first-order valence-electron chi connectivity index (χ1n) is 4.49. The molecule has 1 aromatic rings. The Kier molecular flexibility index (Phi) is 3.75. The van der Waals surface area contributed by atoms with Gasteiger partial charge < -0.3 is 4.55 Å². The van der Waals surface area contributed by atoms with Crippen molar-refractivity contribution in [3.63, 3.8) is 0 Å². The Morgan fingerprint density at radius 1 is 1.54 bits per heavy atom. The van der Waals surface area contributed by atoms with E-state index in [1.54, 1.807) is 12.4 Å². The molecule has 1 heterocycles. The minimum atomic E-state index is -0.885. The molecule has 0 N–H and O–H groups in total. The van der Waals surface area contributed by atoms with Gasteiger partial charge in [-0.1, -0.05) is 13.8 Å². The molecule has 0 spiro atoms. The van der Waals surface area contributed by atoms with Crippen LogP contribution in [0.15, 0.2) is 23.4 Å². The highest BCUT2D eigenvalue weighted by Gasteiger charge is 2.15. The van der Waals surface area contributed by atoms with Crippen LogP contribution in [0.1, 0.15) is 32.3 Å². The summed E-state index contributed by atoms with van der Waals surface area (Å²) >= 11 is -0.885. The maximum atomic E-state index is 11.6. The van der Waals surface area contributed by atoms with E-state index in [0.29, 0.717) is 11.7 Å².